The van der Waals surface area contributed by atoms with Gasteiger partial charge in [0.2, 0.25) is 0 Å². The van der Waals surface area contributed by atoms with Gasteiger partial charge in [0.25, 0.3) is 0 Å². The van der Waals surface area contributed by atoms with E-state index < -0.39 is 0 Å². The average Bonchev–Trinajstić information content (AvgIpc) is 2.00. The second-order valence-corrected chi connectivity index (χ2v) is 4.42. The zero-order chi connectivity index (χ0) is 9.90. The molecule has 14 heavy (non-hydrogen) atoms. The predicted octanol–water partition coefficient (Wildman–Crippen LogP) is -1.96. The molecule has 0 aliphatic heterocycles. The van der Waals surface area contributed by atoms with Gasteiger partial charge in [-0.25, -0.2) is 0 Å². The van der Waals surface area contributed by atoms with Crippen LogP contribution in [0.15, 0.2) is 12.4 Å². The molecule has 0 aliphatic rings. The van der Waals surface area contributed by atoms with Crippen LogP contribution in [0.3, 0.4) is 0 Å². The van der Waals surface area contributed by atoms with Crippen molar-refractivity contribution in [2.45, 2.75) is 13.3 Å². The van der Waals surface area contributed by atoms with E-state index in [-0.39, 0.29) is 24.0 Å². The maximum absolute atomic E-state index is 4.40. The fraction of sp³-hybridized carbons (Fsp3) is 0.600. The maximum Gasteiger partial charge on any atom is 0.0837 e. The van der Waals surface area contributed by atoms with Gasteiger partial charge in [-0.15, -0.1) is 0 Å². The standard InChI is InChI=1S/C10H18N3.HI/c1-9-7-11-8-10(12-9)5-6-13(2,3)4;/h7-8H,5-6H2,1-4H3;1H/q+1;/p-1. The molecule has 4 heteroatoms. The minimum Gasteiger partial charge on any atom is -1.00 e. The molecule has 1 rings (SSSR count). The molecule has 0 unspecified atom stereocenters. The van der Waals surface area contributed by atoms with E-state index in [1.54, 1.807) is 6.20 Å². The lowest BCUT2D eigenvalue weighted by molar-refractivity contribution is -0.870. The molecule has 0 saturated carbocycles. The summed E-state index contributed by atoms with van der Waals surface area (Å²) in [6, 6.07) is 0. The first-order chi connectivity index (χ1) is 5.97. The van der Waals surface area contributed by atoms with E-state index in [2.05, 4.69) is 31.1 Å². The van der Waals surface area contributed by atoms with E-state index in [1.807, 2.05) is 13.1 Å². The molecule has 0 bridgehead atoms. The van der Waals surface area contributed by atoms with Gasteiger partial charge in [0.1, 0.15) is 0 Å². The van der Waals surface area contributed by atoms with Crippen molar-refractivity contribution in [1.82, 2.24) is 9.97 Å². The Labute approximate surface area is 103 Å². The van der Waals surface area contributed by atoms with E-state index >= 15 is 0 Å². The second-order valence-electron chi connectivity index (χ2n) is 4.42. The van der Waals surface area contributed by atoms with Crippen LogP contribution in [0.5, 0.6) is 0 Å². The van der Waals surface area contributed by atoms with Gasteiger partial charge in [0.15, 0.2) is 0 Å². The van der Waals surface area contributed by atoms with Gasteiger partial charge < -0.3 is 28.5 Å². The molecule has 1 aromatic rings. The number of aromatic nitrogens is 2. The lowest BCUT2D eigenvalue weighted by Gasteiger charge is -2.23. The lowest BCUT2D eigenvalue weighted by Crippen LogP contribution is -3.00. The van der Waals surface area contributed by atoms with Crippen LogP contribution in [-0.4, -0.2) is 42.1 Å². The summed E-state index contributed by atoms with van der Waals surface area (Å²) in [6.45, 7) is 3.07. The first-order valence-corrected chi connectivity index (χ1v) is 4.55. The summed E-state index contributed by atoms with van der Waals surface area (Å²) >= 11 is 0. The van der Waals surface area contributed by atoms with Crippen molar-refractivity contribution in [3.63, 3.8) is 0 Å². The summed E-state index contributed by atoms with van der Waals surface area (Å²) < 4.78 is 0.968. The van der Waals surface area contributed by atoms with Gasteiger partial charge in [0.05, 0.1) is 39.1 Å². The van der Waals surface area contributed by atoms with Crippen molar-refractivity contribution in [3.05, 3.63) is 23.8 Å². The molecule has 0 spiro atoms. The molecule has 0 saturated heterocycles. The highest BCUT2D eigenvalue weighted by atomic mass is 127. The fourth-order valence-electron chi connectivity index (χ4n) is 1.09. The third-order valence-corrected chi connectivity index (χ3v) is 1.84. The summed E-state index contributed by atoms with van der Waals surface area (Å²) in [5.41, 5.74) is 2.09. The van der Waals surface area contributed by atoms with Crippen LogP contribution < -0.4 is 24.0 Å². The molecule has 80 valence electrons. The van der Waals surface area contributed by atoms with Gasteiger partial charge in [-0.05, 0) is 6.92 Å². The number of likely N-dealkylation sites (N-methyl/N-ethyl adjacent to an activating group) is 1. The lowest BCUT2D eigenvalue weighted by atomic mass is 10.3. The topological polar surface area (TPSA) is 25.8 Å². The normalized spacial score (nSPS) is 10.9. The highest BCUT2D eigenvalue weighted by Gasteiger charge is 2.07. The van der Waals surface area contributed by atoms with E-state index in [9.17, 15) is 0 Å². The van der Waals surface area contributed by atoms with Crippen molar-refractivity contribution in [2.75, 3.05) is 27.7 Å². The second kappa shape index (κ2) is 5.60. The number of quaternary nitrogens is 1. The van der Waals surface area contributed by atoms with E-state index in [0.29, 0.717) is 0 Å². The van der Waals surface area contributed by atoms with Crippen LogP contribution in [-0.2, 0) is 6.42 Å². The Bertz CT molecular complexity index is 281. The first-order valence-electron chi connectivity index (χ1n) is 4.55. The third-order valence-electron chi connectivity index (χ3n) is 1.84. The van der Waals surface area contributed by atoms with E-state index in [1.165, 1.54) is 0 Å². The maximum atomic E-state index is 4.40. The Morgan fingerprint density at radius 1 is 1.21 bits per heavy atom. The molecule has 1 aromatic heterocycles. The number of aryl methyl sites for hydroxylation is 1. The zero-order valence-electron chi connectivity index (χ0n) is 9.29. The molecular weight excluding hydrogens is 289 g/mol. The summed E-state index contributed by atoms with van der Waals surface area (Å²) in [7, 11) is 6.55. The van der Waals surface area contributed by atoms with Crippen molar-refractivity contribution in [2.24, 2.45) is 0 Å². The smallest absolute Gasteiger partial charge is 0.0837 e. The fourth-order valence-corrected chi connectivity index (χ4v) is 1.09. The van der Waals surface area contributed by atoms with Crippen LogP contribution in [0.1, 0.15) is 11.4 Å². The van der Waals surface area contributed by atoms with Gasteiger partial charge in [-0.2, -0.15) is 0 Å². The summed E-state index contributed by atoms with van der Waals surface area (Å²) in [5.74, 6) is 0. The highest BCUT2D eigenvalue weighted by molar-refractivity contribution is 5.01. The summed E-state index contributed by atoms with van der Waals surface area (Å²) in [4.78, 5) is 8.52. The van der Waals surface area contributed by atoms with Gasteiger partial charge in [0, 0.05) is 18.8 Å². The number of halogens is 1. The molecule has 0 radical (unpaired) electrons. The molecule has 3 nitrogen and oxygen atoms in total. The van der Waals surface area contributed by atoms with Crippen LogP contribution in [0.4, 0.5) is 0 Å². The SMILES string of the molecule is Cc1cncc(CC[N+](C)(C)C)n1.[I-]. The molecule has 0 aliphatic carbocycles. The Morgan fingerprint density at radius 2 is 1.86 bits per heavy atom. The molecule has 0 fully saturated rings. The monoisotopic (exact) mass is 307 g/mol. The number of hydrogen-bond donors (Lipinski definition) is 0. The Morgan fingerprint density at radius 3 is 2.36 bits per heavy atom. The predicted molar refractivity (Wildman–Crippen MR) is 53.4 cm³/mol. The van der Waals surface area contributed by atoms with Gasteiger partial charge >= 0.3 is 0 Å². The van der Waals surface area contributed by atoms with Crippen molar-refractivity contribution in [3.8, 4) is 0 Å². The third kappa shape index (κ3) is 5.49. The average molecular weight is 307 g/mol. The van der Waals surface area contributed by atoms with Crippen molar-refractivity contribution in [1.29, 1.82) is 0 Å². The number of hydrogen-bond acceptors (Lipinski definition) is 2. The van der Waals surface area contributed by atoms with Crippen LogP contribution in [0.25, 0.3) is 0 Å². The van der Waals surface area contributed by atoms with E-state index in [4.69, 9.17) is 0 Å². The van der Waals surface area contributed by atoms with E-state index in [0.717, 1.165) is 28.8 Å². The molecule has 0 atom stereocenters. The molecule has 0 aromatic carbocycles. The number of rotatable bonds is 3. The minimum absolute atomic E-state index is 0. The van der Waals surface area contributed by atoms with Crippen molar-refractivity contribution < 1.29 is 28.5 Å². The zero-order valence-corrected chi connectivity index (χ0v) is 11.4. The summed E-state index contributed by atoms with van der Waals surface area (Å²) in [5, 5.41) is 0. The molecule has 0 N–H and O–H groups in total. The molecule has 1 heterocycles. The molecular formula is C10H18IN3. The van der Waals surface area contributed by atoms with Crippen LogP contribution in [0, 0.1) is 6.92 Å². The largest absolute Gasteiger partial charge is 1.00 e. The number of nitrogens with zero attached hydrogens (tertiary/aromatic N) is 3. The van der Waals surface area contributed by atoms with Crippen LogP contribution in [0.2, 0.25) is 0 Å². The first kappa shape index (κ1) is 13.8. The van der Waals surface area contributed by atoms with Crippen molar-refractivity contribution >= 4 is 0 Å². The Hall–Kier alpha value is -0.230. The van der Waals surface area contributed by atoms with Crippen LogP contribution >= 0.6 is 0 Å². The minimum atomic E-state index is 0. The van der Waals surface area contributed by atoms with Gasteiger partial charge in [-0.3, -0.25) is 9.97 Å². The molecule has 0 amide bonds. The quantitative estimate of drug-likeness (QED) is 0.479. The summed E-state index contributed by atoms with van der Waals surface area (Å²) in [6.07, 6.45) is 4.64. The Kier molecular flexibility index (Phi) is 5.51. The van der Waals surface area contributed by atoms with Gasteiger partial charge in [-0.1, -0.05) is 0 Å². The Balaban J connectivity index is 0.00000169. The highest BCUT2D eigenvalue weighted by Crippen LogP contribution is 1.99.